The molecule has 7 nitrogen and oxygen atoms in total. The van der Waals surface area contributed by atoms with Gasteiger partial charge < -0.3 is 18.6 Å². The van der Waals surface area contributed by atoms with Crippen molar-refractivity contribution in [2.45, 2.75) is 31.7 Å². The first-order valence-corrected chi connectivity index (χ1v) is 8.97. The summed E-state index contributed by atoms with van der Waals surface area (Å²) in [5.74, 6) is 2.86. The van der Waals surface area contributed by atoms with E-state index in [2.05, 4.69) is 10.1 Å². The SMILES string of the molecule is COc1ccc(CCc2nc(C3CC(=O)N(Cc4ccco4)C3)no2)cc1. The lowest BCUT2D eigenvalue weighted by atomic mass is 10.1. The Morgan fingerprint density at radius 3 is 2.81 bits per heavy atom. The highest BCUT2D eigenvalue weighted by Gasteiger charge is 2.34. The van der Waals surface area contributed by atoms with E-state index in [1.165, 1.54) is 5.56 Å². The van der Waals surface area contributed by atoms with Crippen LogP contribution in [-0.2, 0) is 24.2 Å². The predicted octanol–water partition coefficient (Wildman–Crippen LogP) is 2.97. The van der Waals surface area contributed by atoms with Gasteiger partial charge in [0.05, 0.1) is 19.9 Å². The minimum Gasteiger partial charge on any atom is -0.497 e. The maximum absolute atomic E-state index is 12.2. The van der Waals surface area contributed by atoms with Gasteiger partial charge >= 0.3 is 0 Å². The molecular weight excluding hydrogens is 346 g/mol. The summed E-state index contributed by atoms with van der Waals surface area (Å²) in [5, 5.41) is 4.10. The fourth-order valence-electron chi connectivity index (χ4n) is 3.27. The molecule has 1 unspecified atom stereocenters. The number of benzene rings is 1. The van der Waals surface area contributed by atoms with Crippen molar-refractivity contribution >= 4 is 5.91 Å². The van der Waals surface area contributed by atoms with Gasteiger partial charge in [0.1, 0.15) is 11.5 Å². The molecule has 3 heterocycles. The van der Waals surface area contributed by atoms with E-state index in [9.17, 15) is 4.79 Å². The highest BCUT2D eigenvalue weighted by Crippen LogP contribution is 2.27. The van der Waals surface area contributed by atoms with E-state index < -0.39 is 0 Å². The summed E-state index contributed by atoms with van der Waals surface area (Å²) in [5.41, 5.74) is 1.18. The van der Waals surface area contributed by atoms with Gasteiger partial charge in [0.15, 0.2) is 5.82 Å². The molecule has 4 rings (SSSR count). The number of aryl methyl sites for hydroxylation is 2. The number of methoxy groups -OCH3 is 1. The molecule has 140 valence electrons. The standard InChI is InChI=1S/C20H21N3O4/c1-25-16-7-4-14(5-8-16)6-9-18-21-20(22-27-18)15-11-19(24)23(12-15)13-17-3-2-10-26-17/h2-5,7-8,10,15H,6,9,11-13H2,1H3. The number of carbonyl (C=O) groups excluding carboxylic acids is 1. The maximum atomic E-state index is 12.2. The van der Waals surface area contributed by atoms with Crippen LogP contribution in [0.2, 0.25) is 0 Å². The van der Waals surface area contributed by atoms with Crippen molar-refractivity contribution in [2.24, 2.45) is 0 Å². The fraction of sp³-hybridized carbons (Fsp3) is 0.350. The van der Waals surface area contributed by atoms with E-state index >= 15 is 0 Å². The zero-order chi connectivity index (χ0) is 18.6. The maximum Gasteiger partial charge on any atom is 0.226 e. The van der Waals surface area contributed by atoms with Gasteiger partial charge in [0.2, 0.25) is 11.8 Å². The summed E-state index contributed by atoms with van der Waals surface area (Å²) in [6, 6.07) is 11.6. The minimum absolute atomic E-state index is 0.0362. The molecule has 1 fully saturated rings. The summed E-state index contributed by atoms with van der Waals surface area (Å²) in [6.07, 6.45) is 3.48. The number of likely N-dealkylation sites (tertiary alicyclic amines) is 1. The van der Waals surface area contributed by atoms with E-state index in [0.29, 0.717) is 37.6 Å². The third kappa shape index (κ3) is 4.02. The average molecular weight is 367 g/mol. The number of nitrogens with zero attached hydrogens (tertiary/aromatic N) is 3. The second-order valence-corrected chi connectivity index (χ2v) is 6.65. The van der Waals surface area contributed by atoms with Gasteiger partial charge in [-0.15, -0.1) is 0 Å². The largest absolute Gasteiger partial charge is 0.497 e. The topological polar surface area (TPSA) is 81.6 Å². The van der Waals surface area contributed by atoms with E-state index in [1.807, 2.05) is 36.4 Å². The number of ether oxygens (including phenoxy) is 1. The van der Waals surface area contributed by atoms with Crippen molar-refractivity contribution in [1.82, 2.24) is 15.0 Å². The molecule has 0 radical (unpaired) electrons. The summed E-state index contributed by atoms with van der Waals surface area (Å²) in [4.78, 5) is 18.5. The molecule has 1 atom stereocenters. The molecule has 1 saturated heterocycles. The van der Waals surface area contributed by atoms with Gasteiger partial charge in [-0.3, -0.25) is 4.79 Å². The van der Waals surface area contributed by atoms with Crippen molar-refractivity contribution < 1.29 is 18.5 Å². The first kappa shape index (κ1) is 17.3. The number of rotatable bonds is 7. The van der Waals surface area contributed by atoms with Crippen LogP contribution >= 0.6 is 0 Å². The number of amides is 1. The smallest absolute Gasteiger partial charge is 0.226 e. The van der Waals surface area contributed by atoms with E-state index in [0.717, 1.165) is 17.9 Å². The summed E-state index contributed by atoms with van der Waals surface area (Å²) in [7, 11) is 1.65. The van der Waals surface area contributed by atoms with E-state index in [1.54, 1.807) is 18.3 Å². The lowest BCUT2D eigenvalue weighted by Crippen LogP contribution is -2.24. The molecule has 1 aromatic carbocycles. The molecule has 1 aliphatic heterocycles. The van der Waals surface area contributed by atoms with Crippen LogP contribution in [0, 0.1) is 0 Å². The normalized spacial score (nSPS) is 16.9. The van der Waals surface area contributed by atoms with Gasteiger partial charge in [0.25, 0.3) is 0 Å². The zero-order valence-electron chi connectivity index (χ0n) is 15.1. The molecule has 7 heteroatoms. The van der Waals surface area contributed by atoms with Crippen molar-refractivity contribution in [3.63, 3.8) is 0 Å². The Morgan fingerprint density at radius 2 is 2.07 bits per heavy atom. The molecule has 0 spiro atoms. The molecule has 1 amide bonds. The van der Waals surface area contributed by atoms with Crippen LogP contribution < -0.4 is 4.74 Å². The minimum atomic E-state index is -0.0362. The Hall–Kier alpha value is -3.09. The Labute approximate surface area is 156 Å². The van der Waals surface area contributed by atoms with Crippen LogP contribution in [0.4, 0.5) is 0 Å². The molecule has 0 bridgehead atoms. The van der Waals surface area contributed by atoms with Crippen LogP contribution in [0.25, 0.3) is 0 Å². The van der Waals surface area contributed by atoms with Crippen molar-refractivity contribution in [2.75, 3.05) is 13.7 Å². The zero-order valence-corrected chi connectivity index (χ0v) is 15.1. The first-order chi connectivity index (χ1) is 13.2. The summed E-state index contributed by atoms with van der Waals surface area (Å²) < 4.78 is 15.9. The van der Waals surface area contributed by atoms with Gasteiger partial charge in [0, 0.05) is 25.3 Å². The Kier molecular flexibility index (Phi) is 4.91. The van der Waals surface area contributed by atoms with Gasteiger partial charge in [-0.05, 0) is 36.2 Å². The van der Waals surface area contributed by atoms with E-state index in [4.69, 9.17) is 13.7 Å². The third-order valence-corrected chi connectivity index (χ3v) is 4.78. The van der Waals surface area contributed by atoms with Gasteiger partial charge in [-0.25, -0.2) is 0 Å². The number of furan rings is 1. The fourth-order valence-corrected chi connectivity index (χ4v) is 3.27. The summed E-state index contributed by atoms with van der Waals surface area (Å²) >= 11 is 0. The summed E-state index contributed by atoms with van der Waals surface area (Å²) in [6.45, 7) is 1.06. The molecule has 2 aromatic heterocycles. The molecule has 0 N–H and O–H groups in total. The molecule has 3 aromatic rings. The molecule has 1 aliphatic rings. The van der Waals surface area contributed by atoms with E-state index in [-0.39, 0.29) is 11.8 Å². The monoisotopic (exact) mass is 367 g/mol. The second-order valence-electron chi connectivity index (χ2n) is 6.65. The number of carbonyl (C=O) groups is 1. The predicted molar refractivity (Wildman–Crippen MR) is 96.2 cm³/mol. The Morgan fingerprint density at radius 1 is 1.22 bits per heavy atom. The number of hydrogen-bond donors (Lipinski definition) is 0. The molecular formula is C20H21N3O4. The van der Waals surface area contributed by atoms with Gasteiger partial charge in [-0.1, -0.05) is 17.3 Å². The lowest BCUT2D eigenvalue weighted by Gasteiger charge is -2.13. The molecule has 0 saturated carbocycles. The van der Waals surface area contributed by atoms with Crippen LogP contribution in [-0.4, -0.2) is 34.6 Å². The molecule has 27 heavy (non-hydrogen) atoms. The number of aromatic nitrogens is 2. The highest BCUT2D eigenvalue weighted by atomic mass is 16.5. The van der Waals surface area contributed by atoms with Crippen molar-refractivity contribution in [3.8, 4) is 5.75 Å². The third-order valence-electron chi connectivity index (χ3n) is 4.78. The van der Waals surface area contributed by atoms with Crippen molar-refractivity contribution in [1.29, 1.82) is 0 Å². The van der Waals surface area contributed by atoms with Crippen molar-refractivity contribution in [3.05, 3.63) is 65.7 Å². The highest BCUT2D eigenvalue weighted by molar-refractivity contribution is 5.79. The lowest BCUT2D eigenvalue weighted by molar-refractivity contribution is -0.128. The number of hydrogen-bond acceptors (Lipinski definition) is 6. The van der Waals surface area contributed by atoms with Crippen LogP contribution in [0.3, 0.4) is 0 Å². The molecule has 0 aliphatic carbocycles. The van der Waals surface area contributed by atoms with Crippen LogP contribution in [0.5, 0.6) is 5.75 Å². The second kappa shape index (κ2) is 7.65. The quantitative estimate of drug-likeness (QED) is 0.639. The average Bonchev–Trinajstić information content (AvgIpc) is 3.43. The van der Waals surface area contributed by atoms with Crippen LogP contribution in [0.1, 0.15) is 35.4 Å². The first-order valence-electron chi connectivity index (χ1n) is 8.97. The van der Waals surface area contributed by atoms with Crippen LogP contribution in [0.15, 0.2) is 51.6 Å². The Balaban J connectivity index is 1.34. The van der Waals surface area contributed by atoms with Gasteiger partial charge in [-0.2, -0.15) is 4.98 Å². The Bertz CT molecular complexity index is 886.